The smallest absolute Gasteiger partial charge is 0.219 e. The second kappa shape index (κ2) is 5.36. The number of hydrogen-bond acceptors (Lipinski definition) is 7. The highest BCUT2D eigenvalue weighted by Crippen LogP contribution is 2.16. The monoisotopic (exact) mass is 229 g/mol. The predicted octanol–water partition coefficient (Wildman–Crippen LogP) is 0.0460. The molecular formula is C8H15N5OS. The van der Waals surface area contributed by atoms with E-state index in [-0.39, 0.29) is 0 Å². The molecule has 7 heteroatoms. The van der Waals surface area contributed by atoms with Crippen molar-refractivity contribution in [3.8, 4) is 0 Å². The number of nitrogens with zero attached hydrogens (tertiary/aromatic N) is 3. The van der Waals surface area contributed by atoms with Gasteiger partial charge >= 0.3 is 0 Å². The zero-order valence-electron chi connectivity index (χ0n) is 8.48. The first-order valence-corrected chi connectivity index (χ1v) is 5.79. The van der Waals surface area contributed by atoms with Crippen LogP contribution in [0.4, 0.5) is 5.13 Å². The minimum absolute atomic E-state index is 0.663. The molecular weight excluding hydrogens is 214 g/mol. The normalized spacial score (nSPS) is 18.7. The van der Waals surface area contributed by atoms with Crippen LogP contribution in [-0.4, -0.2) is 41.4 Å². The molecule has 1 aliphatic heterocycles. The van der Waals surface area contributed by atoms with Crippen molar-refractivity contribution in [3.63, 3.8) is 0 Å². The Hall–Kier alpha value is -0.760. The molecule has 0 unspecified atom stereocenters. The van der Waals surface area contributed by atoms with Crippen molar-refractivity contribution in [1.29, 1.82) is 0 Å². The van der Waals surface area contributed by atoms with Crippen molar-refractivity contribution in [2.24, 2.45) is 5.84 Å². The van der Waals surface area contributed by atoms with E-state index in [1.54, 1.807) is 0 Å². The second-order valence-corrected chi connectivity index (χ2v) is 4.45. The quantitative estimate of drug-likeness (QED) is 0.563. The van der Waals surface area contributed by atoms with Crippen LogP contribution < -0.4 is 11.3 Å². The highest BCUT2D eigenvalue weighted by atomic mass is 32.1. The van der Waals surface area contributed by atoms with Crippen LogP contribution in [0.2, 0.25) is 0 Å². The Labute approximate surface area is 92.4 Å². The number of ether oxygens (including phenoxy) is 1. The van der Waals surface area contributed by atoms with Crippen molar-refractivity contribution >= 4 is 16.5 Å². The number of hydrazine groups is 1. The molecule has 6 nitrogen and oxygen atoms in total. The van der Waals surface area contributed by atoms with Crippen molar-refractivity contribution < 1.29 is 4.74 Å². The third-order valence-electron chi connectivity index (χ3n) is 2.26. The number of aromatic nitrogens is 2. The fourth-order valence-corrected chi connectivity index (χ4v) is 2.22. The topological polar surface area (TPSA) is 76.3 Å². The van der Waals surface area contributed by atoms with Gasteiger partial charge in [-0.2, -0.15) is 0 Å². The number of nitrogens with one attached hydrogen (secondary N) is 1. The van der Waals surface area contributed by atoms with Gasteiger partial charge in [-0.1, -0.05) is 11.3 Å². The molecule has 1 fully saturated rings. The van der Waals surface area contributed by atoms with Gasteiger partial charge in [-0.3, -0.25) is 10.3 Å². The number of nitrogen functional groups attached to an aromatic ring is 1. The molecule has 0 bridgehead atoms. The molecule has 2 rings (SSSR count). The number of rotatable bonds is 3. The first-order valence-electron chi connectivity index (χ1n) is 4.97. The van der Waals surface area contributed by atoms with Crippen LogP contribution in [-0.2, 0) is 11.3 Å². The molecule has 0 aliphatic carbocycles. The summed E-state index contributed by atoms with van der Waals surface area (Å²) in [5.74, 6) is 5.25. The minimum Gasteiger partial charge on any atom is -0.380 e. The maximum atomic E-state index is 5.38. The Morgan fingerprint density at radius 1 is 1.40 bits per heavy atom. The first-order chi connectivity index (χ1) is 7.38. The summed E-state index contributed by atoms with van der Waals surface area (Å²) in [4.78, 5) is 2.33. The van der Waals surface area contributed by atoms with E-state index in [9.17, 15) is 0 Å². The Kier molecular flexibility index (Phi) is 3.84. The molecule has 0 aromatic carbocycles. The van der Waals surface area contributed by atoms with Crippen LogP contribution in [0.1, 0.15) is 11.4 Å². The molecule has 1 saturated heterocycles. The lowest BCUT2D eigenvalue weighted by Gasteiger charge is -2.16. The molecule has 2 heterocycles. The number of hydrogen-bond donors (Lipinski definition) is 2. The van der Waals surface area contributed by atoms with Gasteiger partial charge < -0.3 is 4.74 Å². The summed E-state index contributed by atoms with van der Waals surface area (Å²) < 4.78 is 5.38. The van der Waals surface area contributed by atoms with E-state index >= 15 is 0 Å². The van der Waals surface area contributed by atoms with Gasteiger partial charge in [0.05, 0.1) is 13.2 Å². The lowest BCUT2D eigenvalue weighted by atomic mass is 10.4. The average Bonchev–Trinajstić information content (AvgIpc) is 2.54. The number of anilines is 1. The summed E-state index contributed by atoms with van der Waals surface area (Å²) in [6.07, 6.45) is 1.08. The van der Waals surface area contributed by atoms with E-state index < -0.39 is 0 Å². The van der Waals surface area contributed by atoms with Crippen LogP contribution in [0.3, 0.4) is 0 Å². The molecule has 0 amide bonds. The van der Waals surface area contributed by atoms with E-state index in [4.69, 9.17) is 10.6 Å². The van der Waals surface area contributed by atoms with Gasteiger partial charge in [-0.05, 0) is 6.42 Å². The SMILES string of the molecule is NNc1nnc(CN2CCCOCC2)s1. The molecule has 0 saturated carbocycles. The molecule has 0 spiro atoms. The van der Waals surface area contributed by atoms with E-state index in [2.05, 4.69) is 20.5 Å². The minimum atomic E-state index is 0.663. The Balaban J connectivity index is 1.89. The number of nitrogens with two attached hydrogens (primary N) is 1. The summed E-state index contributed by atoms with van der Waals surface area (Å²) in [6.45, 7) is 4.53. The molecule has 1 aromatic rings. The average molecular weight is 229 g/mol. The van der Waals surface area contributed by atoms with Gasteiger partial charge in [0.1, 0.15) is 5.01 Å². The van der Waals surface area contributed by atoms with E-state index in [0.29, 0.717) is 5.13 Å². The second-order valence-electron chi connectivity index (χ2n) is 3.39. The van der Waals surface area contributed by atoms with Gasteiger partial charge in [0.15, 0.2) is 0 Å². The van der Waals surface area contributed by atoms with E-state index in [0.717, 1.165) is 44.3 Å². The summed E-state index contributed by atoms with van der Waals surface area (Å²) in [6, 6.07) is 0. The van der Waals surface area contributed by atoms with Gasteiger partial charge in [-0.15, -0.1) is 10.2 Å². The van der Waals surface area contributed by atoms with Crippen LogP contribution in [0.25, 0.3) is 0 Å². The fourth-order valence-electron chi connectivity index (χ4n) is 1.52. The predicted molar refractivity (Wildman–Crippen MR) is 58.4 cm³/mol. The zero-order chi connectivity index (χ0) is 10.5. The Morgan fingerprint density at radius 3 is 3.13 bits per heavy atom. The van der Waals surface area contributed by atoms with Crippen molar-refractivity contribution in [2.75, 3.05) is 31.7 Å². The molecule has 15 heavy (non-hydrogen) atoms. The highest BCUT2D eigenvalue weighted by molar-refractivity contribution is 7.15. The highest BCUT2D eigenvalue weighted by Gasteiger charge is 2.12. The van der Waals surface area contributed by atoms with Crippen molar-refractivity contribution in [2.45, 2.75) is 13.0 Å². The Morgan fingerprint density at radius 2 is 2.33 bits per heavy atom. The van der Waals surface area contributed by atoms with Gasteiger partial charge in [0.25, 0.3) is 0 Å². The first kappa shape index (κ1) is 10.7. The zero-order valence-corrected chi connectivity index (χ0v) is 9.29. The third-order valence-corrected chi connectivity index (χ3v) is 3.10. The van der Waals surface area contributed by atoms with Gasteiger partial charge in [0, 0.05) is 19.7 Å². The van der Waals surface area contributed by atoms with E-state index in [1.165, 1.54) is 11.3 Å². The lowest BCUT2D eigenvalue weighted by Crippen LogP contribution is -2.25. The van der Waals surface area contributed by atoms with Crippen LogP contribution in [0, 0.1) is 0 Å². The molecule has 3 N–H and O–H groups in total. The van der Waals surface area contributed by atoms with Crippen molar-refractivity contribution in [1.82, 2.24) is 15.1 Å². The largest absolute Gasteiger partial charge is 0.380 e. The molecule has 0 atom stereocenters. The summed E-state index contributed by atoms with van der Waals surface area (Å²) >= 11 is 1.49. The maximum absolute atomic E-state index is 5.38. The van der Waals surface area contributed by atoms with Crippen LogP contribution >= 0.6 is 11.3 Å². The molecule has 84 valence electrons. The fraction of sp³-hybridized carbons (Fsp3) is 0.750. The van der Waals surface area contributed by atoms with Crippen molar-refractivity contribution in [3.05, 3.63) is 5.01 Å². The third kappa shape index (κ3) is 3.10. The Bertz CT molecular complexity index is 297. The van der Waals surface area contributed by atoms with Crippen LogP contribution in [0.15, 0.2) is 0 Å². The van der Waals surface area contributed by atoms with Gasteiger partial charge in [-0.25, -0.2) is 5.84 Å². The molecule has 1 aromatic heterocycles. The summed E-state index contributed by atoms with van der Waals surface area (Å²) in [5.41, 5.74) is 2.50. The standard InChI is InChI=1S/C8H15N5OS/c9-10-8-12-11-7(15-8)6-13-2-1-4-14-5-3-13/h1-6,9H2,(H,10,12). The molecule has 1 aliphatic rings. The van der Waals surface area contributed by atoms with Crippen LogP contribution in [0.5, 0.6) is 0 Å². The summed E-state index contributed by atoms with van der Waals surface area (Å²) in [7, 11) is 0. The summed E-state index contributed by atoms with van der Waals surface area (Å²) in [5, 5.41) is 9.61. The molecule has 0 radical (unpaired) electrons. The maximum Gasteiger partial charge on any atom is 0.219 e. The van der Waals surface area contributed by atoms with E-state index in [1.807, 2.05) is 0 Å². The van der Waals surface area contributed by atoms with Gasteiger partial charge in [0.2, 0.25) is 5.13 Å². The lowest BCUT2D eigenvalue weighted by molar-refractivity contribution is 0.140.